The van der Waals surface area contributed by atoms with Crippen molar-refractivity contribution in [2.75, 3.05) is 5.32 Å². The molecule has 0 spiro atoms. The highest BCUT2D eigenvalue weighted by atomic mass is 127. The van der Waals surface area contributed by atoms with Gasteiger partial charge in [-0.3, -0.25) is 10.1 Å². The second-order valence-electron chi connectivity index (χ2n) is 5.81. The first-order valence-electron chi connectivity index (χ1n) is 8.17. The van der Waals surface area contributed by atoms with Crippen LogP contribution in [0.4, 0.5) is 5.69 Å². The van der Waals surface area contributed by atoms with Crippen molar-refractivity contribution in [1.82, 2.24) is 25.1 Å². The summed E-state index contributed by atoms with van der Waals surface area (Å²) in [7, 11) is 0. The number of para-hydroxylation sites is 1. The molecule has 0 radical (unpaired) electrons. The molecule has 28 heavy (non-hydrogen) atoms. The van der Waals surface area contributed by atoms with E-state index in [4.69, 9.17) is 12.2 Å². The summed E-state index contributed by atoms with van der Waals surface area (Å²) in [5, 5.41) is 19.5. The SMILES string of the molecule is Cc1nnc2sc(-c3ccccc3NC(=S)NC(=O)c3ccc(I)cc3)nn12. The van der Waals surface area contributed by atoms with Crippen molar-refractivity contribution >= 4 is 67.8 Å². The van der Waals surface area contributed by atoms with Gasteiger partial charge in [0.2, 0.25) is 4.96 Å². The molecule has 0 fully saturated rings. The van der Waals surface area contributed by atoms with Crippen LogP contribution < -0.4 is 10.6 Å². The lowest BCUT2D eigenvalue weighted by molar-refractivity contribution is 0.0977. The number of hydrogen-bond acceptors (Lipinski definition) is 6. The highest BCUT2D eigenvalue weighted by Crippen LogP contribution is 2.31. The molecule has 4 rings (SSSR count). The minimum atomic E-state index is -0.263. The van der Waals surface area contributed by atoms with Gasteiger partial charge in [0.15, 0.2) is 10.9 Å². The number of carbonyl (C=O) groups is 1. The van der Waals surface area contributed by atoms with Crippen LogP contribution in [0, 0.1) is 10.5 Å². The molecule has 0 atom stereocenters. The highest BCUT2D eigenvalue weighted by molar-refractivity contribution is 14.1. The van der Waals surface area contributed by atoms with Gasteiger partial charge in [-0.15, -0.1) is 10.2 Å². The van der Waals surface area contributed by atoms with E-state index in [0.29, 0.717) is 5.56 Å². The predicted octanol–water partition coefficient (Wildman–Crippen LogP) is 3.89. The predicted molar refractivity (Wildman–Crippen MR) is 122 cm³/mol. The Morgan fingerprint density at radius 3 is 2.64 bits per heavy atom. The van der Waals surface area contributed by atoms with E-state index in [-0.39, 0.29) is 11.0 Å². The number of anilines is 1. The maximum Gasteiger partial charge on any atom is 0.257 e. The van der Waals surface area contributed by atoms with Crippen LogP contribution >= 0.6 is 46.1 Å². The fourth-order valence-corrected chi connectivity index (χ4v) is 4.02. The third-order valence-corrected chi connectivity index (χ3v) is 5.74. The van der Waals surface area contributed by atoms with Gasteiger partial charge in [0.05, 0.1) is 5.69 Å². The zero-order valence-electron chi connectivity index (χ0n) is 14.5. The van der Waals surface area contributed by atoms with Crippen LogP contribution in [0.25, 0.3) is 15.5 Å². The number of nitrogens with zero attached hydrogens (tertiary/aromatic N) is 4. The average molecular weight is 520 g/mol. The summed E-state index contributed by atoms with van der Waals surface area (Å²) in [5.41, 5.74) is 2.16. The molecule has 0 aliphatic heterocycles. The number of aryl methyl sites for hydroxylation is 1. The first-order chi connectivity index (χ1) is 13.5. The Kier molecular flexibility index (Phi) is 5.33. The van der Waals surface area contributed by atoms with E-state index in [1.807, 2.05) is 43.3 Å². The second kappa shape index (κ2) is 7.89. The number of benzene rings is 2. The molecule has 2 heterocycles. The van der Waals surface area contributed by atoms with Crippen LogP contribution in [0.1, 0.15) is 16.2 Å². The van der Waals surface area contributed by atoms with Crippen molar-refractivity contribution in [2.24, 2.45) is 0 Å². The van der Waals surface area contributed by atoms with Crippen molar-refractivity contribution in [3.63, 3.8) is 0 Å². The lowest BCUT2D eigenvalue weighted by Gasteiger charge is -2.12. The summed E-state index contributed by atoms with van der Waals surface area (Å²) in [5.74, 6) is 0.462. The standard InChI is InChI=1S/C18H13IN6OS2/c1-10-22-23-18-25(10)24-16(28-18)13-4-2-3-5-14(13)20-17(27)21-15(26)11-6-8-12(19)9-7-11/h2-9H,1H3,(H2,20,21,26,27). The summed E-state index contributed by atoms with van der Waals surface area (Å²) in [6.07, 6.45) is 0. The van der Waals surface area contributed by atoms with Crippen LogP contribution in [0.5, 0.6) is 0 Å². The van der Waals surface area contributed by atoms with Gasteiger partial charge in [-0.25, -0.2) is 0 Å². The number of carbonyl (C=O) groups excluding carboxylic acids is 1. The molecule has 2 N–H and O–H groups in total. The average Bonchev–Trinajstić information content (AvgIpc) is 3.25. The first kappa shape index (κ1) is 18.9. The molecule has 4 aromatic rings. The molecule has 10 heteroatoms. The largest absolute Gasteiger partial charge is 0.332 e. The van der Waals surface area contributed by atoms with Crippen LogP contribution in [0.15, 0.2) is 48.5 Å². The molecule has 0 aliphatic rings. The van der Waals surface area contributed by atoms with Crippen LogP contribution in [-0.4, -0.2) is 30.8 Å². The summed E-state index contributed by atoms with van der Waals surface area (Å²) in [4.78, 5) is 13.1. The third kappa shape index (κ3) is 3.88. The molecule has 0 bridgehead atoms. The molecule has 0 saturated carbocycles. The fourth-order valence-electron chi connectivity index (χ4n) is 2.53. The minimum Gasteiger partial charge on any atom is -0.332 e. The van der Waals surface area contributed by atoms with Gasteiger partial charge >= 0.3 is 0 Å². The van der Waals surface area contributed by atoms with Crippen molar-refractivity contribution in [3.8, 4) is 10.6 Å². The molecule has 2 aromatic heterocycles. The Hall–Kier alpha value is -2.44. The Labute approximate surface area is 183 Å². The van der Waals surface area contributed by atoms with Crippen molar-refractivity contribution in [3.05, 3.63) is 63.5 Å². The molecule has 140 valence electrons. The van der Waals surface area contributed by atoms with E-state index in [1.165, 1.54) is 11.3 Å². The monoisotopic (exact) mass is 520 g/mol. The number of nitrogens with one attached hydrogen (secondary N) is 2. The summed E-state index contributed by atoms with van der Waals surface area (Å²) < 4.78 is 2.76. The zero-order chi connectivity index (χ0) is 19.7. The quantitative estimate of drug-likeness (QED) is 0.315. The van der Waals surface area contributed by atoms with Crippen molar-refractivity contribution in [2.45, 2.75) is 6.92 Å². The Morgan fingerprint density at radius 1 is 1.14 bits per heavy atom. The van der Waals surface area contributed by atoms with E-state index in [0.717, 1.165) is 30.6 Å². The van der Waals surface area contributed by atoms with Gasteiger partial charge < -0.3 is 5.32 Å². The number of aromatic nitrogens is 4. The van der Waals surface area contributed by atoms with Gasteiger partial charge in [-0.2, -0.15) is 9.61 Å². The molecular weight excluding hydrogens is 507 g/mol. The van der Waals surface area contributed by atoms with Gasteiger partial charge in [0.1, 0.15) is 5.01 Å². The fraction of sp³-hybridized carbons (Fsp3) is 0.0556. The van der Waals surface area contributed by atoms with Gasteiger partial charge in [-0.05, 0) is 78.1 Å². The Bertz CT molecular complexity index is 1180. The van der Waals surface area contributed by atoms with Crippen LogP contribution in [0.3, 0.4) is 0 Å². The maximum absolute atomic E-state index is 12.4. The second-order valence-corrected chi connectivity index (χ2v) is 8.42. The number of rotatable bonds is 3. The summed E-state index contributed by atoms with van der Waals surface area (Å²) >= 11 is 8.95. The normalized spacial score (nSPS) is 10.8. The topological polar surface area (TPSA) is 84.2 Å². The van der Waals surface area contributed by atoms with Crippen LogP contribution in [0.2, 0.25) is 0 Å². The Morgan fingerprint density at radius 2 is 1.89 bits per heavy atom. The van der Waals surface area contributed by atoms with Crippen molar-refractivity contribution < 1.29 is 4.79 Å². The lowest BCUT2D eigenvalue weighted by Crippen LogP contribution is -2.34. The van der Waals surface area contributed by atoms with E-state index >= 15 is 0 Å². The summed E-state index contributed by atoms with van der Waals surface area (Å²) in [6, 6.07) is 14.9. The molecule has 7 nitrogen and oxygen atoms in total. The molecular formula is C18H13IN6OS2. The number of thiocarbonyl (C=S) groups is 1. The lowest BCUT2D eigenvalue weighted by atomic mass is 10.2. The van der Waals surface area contributed by atoms with Gasteiger partial charge in [0.25, 0.3) is 5.91 Å². The number of amides is 1. The number of halogens is 1. The molecule has 0 saturated heterocycles. The van der Waals surface area contributed by atoms with Crippen molar-refractivity contribution in [1.29, 1.82) is 0 Å². The van der Waals surface area contributed by atoms with Gasteiger partial charge in [0, 0.05) is 14.7 Å². The smallest absolute Gasteiger partial charge is 0.257 e. The molecule has 1 amide bonds. The zero-order valence-corrected chi connectivity index (χ0v) is 18.3. The van der Waals surface area contributed by atoms with E-state index < -0.39 is 0 Å². The van der Waals surface area contributed by atoms with E-state index in [2.05, 4.69) is 48.5 Å². The minimum absolute atomic E-state index is 0.218. The Balaban J connectivity index is 1.54. The third-order valence-electron chi connectivity index (χ3n) is 3.89. The van der Waals surface area contributed by atoms with Gasteiger partial charge in [-0.1, -0.05) is 23.5 Å². The highest BCUT2D eigenvalue weighted by Gasteiger charge is 2.15. The molecule has 0 aliphatic carbocycles. The number of hydrogen-bond donors (Lipinski definition) is 2. The van der Waals surface area contributed by atoms with Crippen LogP contribution in [-0.2, 0) is 0 Å². The summed E-state index contributed by atoms with van der Waals surface area (Å²) in [6.45, 7) is 1.85. The number of fused-ring (bicyclic) bond motifs is 1. The molecule has 2 aromatic carbocycles. The van der Waals surface area contributed by atoms with E-state index in [1.54, 1.807) is 16.6 Å². The first-order valence-corrected chi connectivity index (χ1v) is 10.5. The molecule has 0 unspecified atom stereocenters. The maximum atomic E-state index is 12.4. The van der Waals surface area contributed by atoms with E-state index in [9.17, 15) is 4.79 Å².